The number of nitrogens with zero attached hydrogens (tertiary/aromatic N) is 4. The van der Waals surface area contributed by atoms with E-state index in [1.54, 1.807) is 19.4 Å². The molecule has 0 N–H and O–H groups in total. The number of hydrogen-bond donors (Lipinski definition) is 0. The molecule has 0 spiro atoms. The lowest BCUT2D eigenvalue weighted by atomic mass is 10.0. The SMILES string of the molecule is CC(=O)N(Cc1cccc2ccccc12)C[C@@H]1CCCN1C(=O)Cc1cncn1[CH2][Al]. The summed E-state index contributed by atoms with van der Waals surface area (Å²) in [4.78, 5) is 33.5. The minimum Gasteiger partial charge on any atom is -0.350 e. The Morgan fingerprint density at radius 2 is 2.00 bits per heavy atom. The Labute approximate surface area is 191 Å². The molecule has 2 aromatic carbocycles. The van der Waals surface area contributed by atoms with Crippen LogP contribution in [0.25, 0.3) is 10.8 Å². The zero-order chi connectivity index (χ0) is 21.8. The maximum atomic E-state index is 13.1. The molecule has 1 fully saturated rings. The lowest BCUT2D eigenvalue weighted by Crippen LogP contribution is -2.45. The van der Waals surface area contributed by atoms with Crippen molar-refractivity contribution < 1.29 is 9.59 Å². The molecule has 0 unspecified atom stereocenters. The van der Waals surface area contributed by atoms with Crippen LogP contribution in [0.15, 0.2) is 55.0 Å². The van der Waals surface area contributed by atoms with E-state index in [4.69, 9.17) is 0 Å². The summed E-state index contributed by atoms with van der Waals surface area (Å²) in [5, 5.41) is 3.06. The topological polar surface area (TPSA) is 58.4 Å². The third-order valence-electron chi connectivity index (χ3n) is 6.14. The molecule has 1 aliphatic heterocycles. The minimum absolute atomic E-state index is 0.0355. The Morgan fingerprint density at radius 3 is 2.81 bits per heavy atom. The van der Waals surface area contributed by atoms with Crippen LogP contribution in [0, 0.1) is 0 Å². The van der Waals surface area contributed by atoms with Crippen molar-refractivity contribution in [1.29, 1.82) is 0 Å². The van der Waals surface area contributed by atoms with Crippen LogP contribution in [-0.4, -0.2) is 66.6 Å². The van der Waals surface area contributed by atoms with Crippen LogP contribution in [0.2, 0.25) is 0 Å². The molecule has 6 nitrogen and oxygen atoms in total. The fourth-order valence-corrected chi connectivity index (χ4v) is 4.79. The van der Waals surface area contributed by atoms with Gasteiger partial charge in [0.05, 0.1) is 12.7 Å². The molecule has 0 bridgehead atoms. The molecule has 7 heteroatoms. The Hall–Kier alpha value is -2.62. The molecule has 158 valence electrons. The van der Waals surface area contributed by atoms with E-state index in [1.807, 2.05) is 32.6 Å². The van der Waals surface area contributed by atoms with Crippen molar-refractivity contribution in [3.05, 3.63) is 66.2 Å². The number of fused-ring (bicyclic) bond motifs is 1. The second kappa shape index (κ2) is 9.68. The third kappa shape index (κ3) is 4.84. The van der Waals surface area contributed by atoms with E-state index in [2.05, 4.69) is 45.5 Å². The van der Waals surface area contributed by atoms with Gasteiger partial charge in [-0.1, -0.05) is 42.5 Å². The number of carbonyl (C=O) groups is 2. The average molecular weight is 430 g/mol. The van der Waals surface area contributed by atoms with Crippen LogP contribution < -0.4 is 0 Å². The number of aromatic nitrogens is 2. The molecule has 31 heavy (non-hydrogen) atoms. The van der Waals surface area contributed by atoms with Gasteiger partial charge in [-0.3, -0.25) is 9.59 Å². The quantitative estimate of drug-likeness (QED) is 0.542. The molecular formula is C24H27AlN4O2. The highest BCUT2D eigenvalue weighted by Gasteiger charge is 2.31. The number of benzene rings is 2. The largest absolute Gasteiger partial charge is 0.350 e. The van der Waals surface area contributed by atoms with E-state index in [0.717, 1.165) is 36.1 Å². The molecular weight excluding hydrogens is 403 g/mol. The summed E-state index contributed by atoms with van der Waals surface area (Å²) < 4.78 is 1.97. The first-order valence-corrected chi connectivity index (χ1v) is 11.6. The molecule has 1 saturated heterocycles. The van der Waals surface area contributed by atoms with Crippen LogP contribution in [0.4, 0.5) is 0 Å². The summed E-state index contributed by atoms with van der Waals surface area (Å²) in [5.41, 5.74) is 2.05. The van der Waals surface area contributed by atoms with Gasteiger partial charge in [-0.05, 0) is 34.6 Å². The van der Waals surface area contributed by atoms with E-state index >= 15 is 0 Å². The standard InChI is InChI=1S/C24H27N4O2.Al/c1-18(29)27(15-20-9-5-8-19-7-3-4-11-23(19)20)16-21-10-6-12-28(21)24(30)13-22-14-25-17-26(22)2;/h3-5,7-9,11,14,17,21H,2,6,10,12-13,15-16H2,1H3;/t21-;/m0./s1. The number of amides is 2. The minimum atomic E-state index is 0.0355. The zero-order valence-electron chi connectivity index (χ0n) is 17.9. The van der Waals surface area contributed by atoms with Crippen LogP contribution in [0.1, 0.15) is 31.0 Å². The number of imidazole rings is 1. The van der Waals surface area contributed by atoms with Crippen LogP contribution >= 0.6 is 0 Å². The van der Waals surface area contributed by atoms with Gasteiger partial charge in [-0.15, -0.1) is 0 Å². The van der Waals surface area contributed by atoms with Gasteiger partial charge in [0.25, 0.3) is 0 Å². The summed E-state index contributed by atoms with van der Waals surface area (Å²) in [6.07, 6.45) is 5.75. The Balaban J connectivity index is 1.48. The van der Waals surface area contributed by atoms with E-state index in [0.29, 0.717) is 19.5 Å². The molecule has 2 heterocycles. The maximum Gasteiger partial charge on any atom is 0.228 e. The highest BCUT2D eigenvalue weighted by Crippen LogP contribution is 2.23. The molecule has 0 saturated carbocycles. The molecule has 1 aromatic heterocycles. The fourth-order valence-electron chi connectivity index (χ4n) is 4.46. The van der Waals surface area contributed by atoms with Crippen molar-refractivity contribution in [1.82, 2.24) is 19.4 Å². The second-order valence-corrected chi connectivity index (χ2v) is 8.50. The van der Waals surface area contributed by atoms with Gasteiger partial charge in [0.1, 0.15) is 0 Å². The summed E-state index contributed by atoms with van der Waals surface area (Å²) in [6, 6.07) is 14.5. The summed E-state index contributed by atoms with van der Waals surface area (Å²) in [6.45, 7) is 3.48. The van der Waals surface area contributed by atoms with Gasteiger partial charge in [0.2, 0.25) is 11.8 Å². The van der Waals surface area contributed by atoms with Gasteiger partial charge in [0.15, 0.2) is 16.3 Å². The molecule has 4 rings (SSSR count). The van der Waals surface area contributed by atoms with Crippen LogP contribution in [0.5, 0.6) is 0 Å². The van der Waals surface area contributed by atoms with Crippen molar-refractivity contribution >= 4 is 38.9 Å². The van der Waals surface area contributed by atoms with Crippen molar-refractivity contribution in [3.63, 3.8) is 0 Å². The third-order valence-corrected chi connectivity index (χ3v) is 6.54. The Morgan fingerprint density at radius 1 is 1.19 bits per heavy atom. The van der Waals surface area contributed by atoms with Gasteiger partial charge >= 0.3 is 0 Å². The summed E-state index contributed by atoms with van der Waals surface area (Å²) in [7, 11) is 0. The van der Waals surface area contributed by atoms with E-state index in [-0.39, 0.29) is 17.9 Å². The summed E-state index contributed by atoms with van der Waals surface area (Å²) >= 11 is 2.66. The van der Waals surface area contributed by atoms with Crippen LogP contribution in [0.3, 0.4) is 0 Å². The smallest absolute Gasteiger partial charge is 0.228 e. The Kier molecular flexibility index (Phi) is 6.74. The van der Waals surface area contributed by atoms with Gasteiger partial charge in [0, 0.05) is 44.5 Å². The number of rotatable bonds is 7. The second-order valence-electron chi connectivity index (χ2n) is 8.14. The lowest BCUT2D eigenvalue weighted by Gasteiger charge is -2.31. The first kappa shape index (κ1) is 21.6. The molecule has 3 aromatic rings. The van der Waals surface area contributed by atoms with Crippen molar-refractivity contribution in [3.8, 4) is 0 Å². The monoisotopic (exact) mass is 430 g/mol. The van der Waals surface area contributed by atoms with Gasteiger partial charge in [-0.25, -0.2) is 4.98 Å². The highest BCUT2D eigenvalue weighted by atomic mass is 27.0. The van der Waals surface area contributed by atoms with Crippen LogP contribution in [-0.2, 0) is 28.0 Å². The first-order chi connectivity index (χ1) is 15.1. The van der Waals surface area contributed by atoms with Crippen molar-refractivity contribution in [2.45, 2.75) is 44.2 Å². The fraction of sp³-hybridized carbons (Fsp3) is 0.375. The van der Waals surface area contributed by atoms with E-state index in [9.17, 15) is 9.59 Å². The van der Waals surface area contributed by atoms with Crippen molar-refractivity contribution in [2.24, 2.45) is 0 Å². The Bertz CT molecular complexity index is 1070. The molecule has 1 aliphatic rings. The normalized spacial score (nSPS) is 16.0. The molecule has 1 atom stereocenters. The zero-order valence-corrected chi connectivity index (χ0v) is 19.1. The molecule has 2 radical (unpaired) electrons. The van der Waals surface area contributed by atoms with E-state index < -0.39 is 0 Å². The summed E-state index contributed by atoms with van der Waals surface area (Å²) in [5.74, 6) is 0.143. The molecule has 2 amide bonds. The lowest BCUT2D eigenvalue weighted by molar-refractivity contribution is -0.135. The number of carbonyl (C=O) groups excluding carboxylic acids is 2. The van der Waals surface area contributed by atoms with Gasteiger partial charge in [-0.2, -0.15) is 0 Å². The maximum absolute atomic E-state index is 13.1. The number of hydrogen-bond acceptors (Lipinski definition) is 3. The number of likely N-dealkylation sites (tertiary alicyclic amines) is 1. The average Bonchev–Trinajstić information content (AvgIpc) is 3.42. The van der Waals surface area contributed by atoms with E-state index in [1.165, 1.54) is 10.8 Å². The van der Waals surface area contributed by atoms with Gasteiger partial charge < -0.3 is 14.4 Å². The highest BCUT2D eigenvalue weighted by molar-refractivity contribution is 6.06. The predicted molar refractivity (Wildman–Crippen MR) is 121 cm³/mol. The van der Waals surface area contributed by atoms with Crippen molar-refractivity contribution in [2.75, 3.05) is 13.1 Å². The first-order valence-electron chi connectivity index (χ1n) is 10.8. The molecule has 0 aliphatic carbocycles. The predicted octanol–water partition coefficient (Wildman–Crippen LogP) is 2.74.